The van der Waals surface area contributed by atoms with E-state index in [2.05, 4.69) is 58.3 Å². The Morgan fingerprint density at radius 1 is 1.07 bits per heavy atom. The third kappa shape index (κ3) is 3.65. The second-order valence-electron chi connectivity index (χ2n) is 6.95. The molecule has 1 aliphatic rings. The van der Waals surface area contributed by atoms with Crippen LogP contribution in [0.2, 0.25) is 0 Å². The first-order valence-corrected chi connectivity index (χ1v) is 9.88. The van der Waals surface area contributed by atoms with E-state index >= 15 is 0 Å². The Balaban J connectivity index is 0.00000180. The van der Waals surface area contributed by atoms with Crippen LogP contribution in [-0.2, 0) is 7.05 Å². The molecule has 0 atom stereocenters. The first-order valence-electron chi connectivity index (χ1n) is 9.06. The van der Waals surface area contributed by atoms with Crippen LogP contribution in [0.25, 0.3) is 32.2 Å². The molecule has 0 spiro atoms. The highest BCUT2D eigenvalue weighted by Crippen LogP contribution is 2.32. The standard InChI is InChI=1S/C20H21N5S.ClH/c1-25-12-15-10-13(2-4-17(15)24-25)14-3-5-18-19(11-14)26-20(23-18)22-16-6-8-21-9-7-16;/h2-5,10-12,16,21H,6-9H2,1H3,(H,22,23);1H. The van der Waals surface area contributed by atoms with Gasteiger partial charge in [-0.25, -0.2) is 4.98 Å². The van der Waals surface area contributed by atoms with E-state index in [0.29, 0.717) is 6.04 Å². The summed E-state index contributed by atoms with van der Waals surface area (Å²) in [6.45, 7) is 2.17. The molecule has 2 aromatic carbocycles. The molecule has 7 heteroatoms. The van der Waals surface area contributed by atoms with E-state index in [1.165, 1.54) is 21.2 Å². The third-order valence-corrected chi connectivity index (χ3v) is 5.96. The van der Waals surface area contributed by atoms with Crippen molar-refractivity contribution in [3.63, 3.8) is 0 Å². The van der Waals surface area contributed by atoms with Crippen LogP contribution >= 0.6 is 23.7 Å². The molecule has 3 heterocycles. The van der Waals surface area contributed by atoms with Gasteiger partial charge < -0.3 is 10.6 Å². The van der Waals surface area contributed by atoms with Gasteiger partial charge in [-0.1, -0.05) is 23.5 Å². The summed E-state index contributed by atoms with van der Waals surface area (Å²) in [7, 11) is 1.96. The maximum Gasteiger partial charge on any atom is 0.184 e. The molecule has 5 rings (SSSR count). The van der Waals surface area contributed by atoms with Crippen molar-refractivity contribution in [2.24, 2.45) is 7.05 Å². The molecule has 0 saturated carbocycles. The zero-order valence-electron chi connectivity index (χ0n) is 15.1. The normalized spacial score (nSPS) is 15.1. The van der Waals surface area contributed by atoms with E-state index in [1.807, 2.05) is 11.7 Å². The molecule has 0 unspecified atom stereocenters. The fourth-order valence-corrected chi connectivity index (χ4v) is 4.62. The first-order chi connectivity index (χ1) is 12.7. The van der Waals surface area contributed by atoms with Crippen molar-refractivity contribution in [2.75, 3.05) is 18.4 Å². The second-order valence-corrected chi connectivity index (χ2v) is 7.98. The summed E-state index contributed by atoms with van der Waals surface area (Å²) in [5, 5.41) is 13.7. The van der Waals surface area contributed by atoms with Gasteiger partial charge in [-0.3, -0.25) is 4.68 Å². The predicted octanol–water partition coefficient (Wildman–Crippen LogP) is 4.44. The van der Waals surface area contributed by atoms with E-state index in [1.54, 1.807) is 11.3 Å². The third-order valence-electron chi connectivity index (χ3n) is 5.01. The van der Waals surface area contributed by atoms with Crippen LogP contribution in [0.15, 0.2) is 42.6 Å². The van der Waals surface area contributed by atoms with E-state index in [9.17, 15) is 0 Å². The van der Waals surface area contributed by atoms with Gasteiger partial charge in [0.25, 0.3) is 0 Å². The van der Waals surface area contributed by atoms with Crippen molar-refractivity contribution >= 4 is 50.0 Å². The summed E-state index contributed by atoms with van der Waals surface area (Å²) in [6, 6.07) is 13.5. The average molecular weight is 400 g/mol. The zero-order chi connectivity index (χ0) is 17.5. The summed E-state index contributed by atoms with van der Waals surface area (Å²) < 4.78 is 3.09. The van der Waals surface area contributed by atoms with E-state index < -0.39 is 0 Å². The Morgan fingerprint density at radius 3 is 2.63 bits per heavy atom. The lowest BCUT2D eigenvalue weighted by molar-refractivity contribution is 0.479. The van der Waals surface area contributed by atoms with E-state index in [-0.39, 0.29) is 12.4 Å². The molecule has 4 aromatic rings. The lowest BCUT2D eigenvalue weighted by atomic mass is 10.0. The minimum atomic E-state index is 0. The molecule has 0 aliphatic carbocycles. The highest BCUT2D eigenvalue weighted by molar-refractivity contribution is 7.22. The number of halogens is 1. The van der Waals surface area contributed by atoms with Crippen LogP contribution in [0.4, 0.5) is 5.13 Å². The predicted molar refractivity (Wildman–Crippen MR) is 116 cm³/mol. The minimum Gasteiger partial charge on any atom is -0.359 e. The molecule has 1 aliphatic heterocycles. The largest absolute Gasteiger partial charge is 0.359 e. The minimum absolute atomic E-state index is 0. The molecule has 1 saturated heterocycles. The number of hydrogen-bond acceptors (Lipinski definition) is 5. The number of nitrogens with zero attached hydrogens (tertiary/aromatic N) is 3. The number of rotatable bonds is 3. The number of aryl methyl sites for hydroxylation is 1. The summed E-state index contributed by atoms with van der Waals surface area (Å²) >= 11 is 1.75. The number of hydrogen-bond donors (Lipinski definition) is 2. The Hall–Kier alpha value is -2.15. The first kappa shape index (κ1) is 18.2. The highest BCUT2D eigenvalue weighted by atomic mass is 35.5. The molecule has 0 amide bonds. The number of benzene rings is 2. The van der Waals surface area contributed by atoms with E-state index in [0.717, 1.165) is 42.1 Å². The molecule has 0 radical (unpaired) electrons. The molecular formula is C20H22ClN5S. The maximum absolute atomic E-state index is 4.77. The van der Waals surface area contributed by atoms with Gasteiger partial charge in [0.15, 0.2) is 5.13 Å². The molecular weight excluding hydrogens is 378 g/mol. The summed E-state index contributed by atoms with van der Waals surface area (Å²) in [6.07, 6.45) is 4.38. The number of fused-ring (bicyclic) bond motifs is 2. The van der Waals surface area contributed by atoms with E-state index in [4.69, 9.17) is 4.98 Å². The van der Waals surface area contributed by atoms with Crippen LogP contribution in [0.5, 0.6) is 0 Å². The Bertz CT molecular complexity index is 1080. The number of anilines is 1. The van der Waals surface area contributed by atoms with Crippen molar-refractivity contribution in [3.8, 4) is 11.1 Å². The van der Waals surface area contributed by atoms with Crippen LogP contribution in [0.3, 0.4) is 0 Å². The quantitative estimate of drug-likeness (QED) is 0.535. The molecule has 1 fully saturated rings. The van der Waals surface area contributed by atoms with Gasteiger partial charge >= 0.3 is 0 Å². The van der Waals surface area contributed by atoms with Crippen LogP contribution in [0.1, 0.15) is 12.8 Å². The summed E-state index contributed by atoms with van der Waals surface area (Å²) in [5.41, 5.74) is 4.54. The Labute approximate surface area is 168 Å². The van der Waals surface area contributed by atoms with Crippen LogP contribution in [0, 0.1) is 0 Å². The fourth-order valence-electron chi connectivity index (χ4n) is 3.64. The smallest absolute Gasteiger partial charge is 0.184 e. The fraction of sp³-hybridized carbons (Fsp3) is 0.300. The molecule has 140 valence electrons. The van der Waals surface area contributed by atoms with Gasteiger partial charge in [0.1, 0.15) is 0 Å². The number of piperidine rings is 1. The van der Waals surface area contributed by atoms with Crippen molar-refractivity contribution in [1.82, 2.24) is 20.1 Å². The van der Waals surface area contributed by atoms with Crippen molar-refractivity contribution < 1.29 is 0 Å². The maximum atomic E-state index is 4.77. The van der Waals surface area contributed by atoms with Gasteiger partial charge in [0, 0.05) is 24.7 Å². The summed E-state index contributed by atoms with van der Waals surface area (Å²) in [5.74, 6) is 0. The number of thiazole rings is 1. The molecule has 27 heavy (non-hydrogen) atoms. The van der Waals surface area contributed by atoms with Crippen molar-refractivity contribution in [1.29, 1.82) is 0 Å². The summed E-state index contributed by atoms with van der Waals surface area (Å²) in [4.78, 5) is 4.77. The van der Waals surface area contributed by atoms with Crippen molar-refractivity contribution in [2.45, 2.75) is 18.9 Å². The van der Waals surface area contributed by atoms with Gasteiger partial charge in [-0.15, -0.1) is 12.4 Å². The Morgan fingerprint density at radius 2 is 1.81 bits per heavy atom. The zero-order valence-corrected chi connectivity index (χ0v) is 16.7. The van der Waals surface area contributed by atoms with Crippen LogP contribution in [-0.4, -0.2) is 33.9 Å². The monoisotopic (exact) mass is 399 g/mol. The topological polar surface area (TPSA) is 54.8 Å². The molecule has 2 N–H and O–H groups in total. The SMILES string of the molecule is Cl.Cn1cc2cc(-c3ccc4nc(NC5CCNCC5)sc4c3)ccc2n1. The Kier molecular flexibility index (Phi) is 5.04. The number of aromatic nitrogens is 3. The highest BCUT2D eigenvalue weighted by Gasteiger charge is 2.15. The lowest BCUT2D eigenvalue weighted by Crippen LogP contribution is -2.35. The van der Waals surface area contributed by atoms with Gasteiger partial charge in [0.2, 0.25) is 0 Å². The van der Waals surface area contributed by atoms with Crippen molar-refractivity contribution in [3.05, 3.63) is 42.6 Å². The van der Waals surface area contributed by atoms with Gasteiger partial charge in [-0.2, -0.15) is 5.10 Å². The molecule has 0 bridgehead atoms. The number of nitrogens with one attached hydrogen (secondary N) is 2. The second kappa shape index (κ2) is 7.46. The van der Waals surface area contributed by atoms with Gasteiger partial charge in [0.05, 0.1) is 15.7 Å². The lowest BCUT2D eigenvalue weighted by Gasteiger charge is -2.23. The average Bonchev–Trinajstić information content (AvgIpc) is 3.22. The van der Waals surface area contributed by atoms with Crippen LogP contribution < -0.4 is 10.6 Å². The molecule has 5 nitrogen and oxygen atoms in total. The molecule has 2 aromatic heterocycles. The van der Waals surface area contributed by atoms with Gasteiger partial charge in [-0.05, 0) is 61.3 Å².